The Morgan fingerprint density at radius 1 is 1.17 bits per heavy atom. The van der Waals surface area contributed by atoms with Crippen LogP contribution in [0.15, 0.2) is 26.9 Å². The van der Waals surface area contributed by atoms with E-state index in [1.807, 2.05) is 31.4 Å². The summed E-state index contributed by atoms with van der Waals surface area (Å²) < 4.78 is 33.1. The van der Waals surface area contributed by atoms with E-state index in [2.05, 4.69) is 15.5 Å². The number of piperidine rings is 1. The molecule has 1 aliphatic heterocycles. The van der Waals surface area contributed by atoms with Gasteiger partial charge in [-0.2, -0.15) is 4.31 Å². The molecule has 0 aromatic carbocycles. The Morgan fingerprint density at radius 3 is 2.63 bits per heavy atom. The van der Waals surface area contributed by atoms with Gasteiger partial charge in [0.25, 0.3) is 0 Å². The summed E-state index contributed by atoms with van der Waals surface area (Å²) in [5.41, 5.74) is 4.06. The topological polar surface area (TPSA) is 101 Å². The zero-order chi connectivity index (χ0) is 21.5. The number of anilines is 2. The number of nitrogens with zero attached hydrogens (tertiary/aromatic N) is 4. The van der Waals surface area contributed by atoms with E-state index in [0.29, 0.717) is 24.5 Å². The molecule has 1 fully saturated rings. The van der Waals surface area contributed by atoms with Crippen molar-refractivity contribution in [1.82, 2.24) is 19.4 Å². The second-order valence-corrected chi connectivity index (χ2v) is 10.4. The average molecular weight is 448 g/mol. The van der Waals surface area contributed by atoms with Crippen LogP contribution in [0.2, 0.25) is 0 Å². The van der Waals surface area contributed by atoms with Crippen LogP contribution in [0.5, 0.6) is 0 Å². The number of hydrogen-bond acceptors (Lipinski definition) is 8. The molecule has 0 saturated carbocycles. The fourth-order valence-corrected chi connectivity index (χ4v) is 6.41. The summed E-state index contributed by atoms with van der Waals surface area (Å²) in [6, 6.07) is 3.97. The molecule has 8 nitrogen and oxygen atoms in total. The predicted molar refractivity (Wildman–Crippen MR) is 116 cm³/mol. The summed E-state index contributed by atoms with van der Waals surface area (Å²) in [6.07, 6.45) is 1.66. The van der Waals surface area contributed by atoms with Crippen LogP contribution >= 0.6 is 11.3 Å². The number of nitrogens with one attached hydrogen (secondary N) is 1. The smallest absolute Gasteiger partial charge is 0.248 e. The lowest BCUT2D eigenvalue weighted by atomic mass is 9.95. The van der Waals surface area contributed by atoms with E-state index in [0.717, 1.165) is 40.7 Å². The molecule has 4 rings (SSSR count). The lowest BCUT2D eigenvalue weighted by molar-refractivity contribution is 0.312. The van der Waals surface area contributed by atoms with Crippen LogP contribution in [0.25, 0.3) is 0 Å². The van der Waals surface area contributed by atoms with E-state index in [1.165, 1.54) is 4.31 Å². The van der Waals surface area contributed by atoms with Gasteiger partial charge in [-0.05, 0) is 52.7 Å². The highest BCUT2D eigenvalue weighted by Crippen LogP contribution is 2.33. The molecule has 3 aromatic rings. The van der Waals surface area contributed by atoms with Gasteiger partial charge in [0, 0.05) is 41.5 Å². The average Bonchev–Trinajstić information content (AvgIpc) is 3.26. The Kier molecular flexibility index (Phi) is 5.65. The third-order valence-electron chi connectivity index (χ3n) is 5.21. The van der Waals surface area contributed by atoms with Crippen molar-refractivity contribution in [3.63, 3.8) is 0 Å². The predicted octanol–water partition coefficient (Wildman–Crippen LogP) is 4.07. The Morgan fingerprint density at radius 2 is 1.97 bits per heavy atom. The number of aryl methyl sites for hydroxylation is 4. The van der Waals surface area contributed by atoms with Crippen LogP contribution < -0.4 is 5.32 Å². The quantitative estimate of drug-likeness (QED) is 0.629. The number of sulfonamides is 1. The first-order valence-corrected chi connectivity index (χ1v) is 12.2. The summed E-state index contributed by atoms with van der Waals surface area (Å²) in [7, 11) is -3.66. The fourth-order valence-electron chi connectivity index (χ4n) is 3.88. The lowest BCUT2D eigenvalue weighted by Crippen LogP contribution is -2.39. The van der Waals surface area contributed by atoms with Gasteiger partial charge in [0.1, 0.15) is 10.6 Å². The van der Waals surface area contributed by atoms with Crippen LogP contribution in [0, 0.1) is 27.7 Å². The third-order valence-corrected chi connectivity index (χ3v) is 8.20. The van der Waals surface area contributed by atoms with Crippen molar-refractivity contribution >= 4 is 32.2 Å². The van der Waals surface area contributed by atoms with Crippen molar-refractivity contribution in [2.45, 2.75) is 51.3 Å². The Balaban J connectivity index is 1.59. The first kappa shape index (κ1) is 21.0. The molecule has 160 valence electrons. The van der Waals surface area contributed by atoms with Crippen LogP contribution in [-0.2, 0) is 10.0 Å². The van der Waals surface area contributed by atoms with E-state index >= 15 is 0 Å². The highest BCUT2D eigenvalue weighted by atomic mass is 32.2. The molecule has 0 aliphatic carbocycles. The van der Waals surface area contributed by atoms with E-state index < -0.39 is 10.0 Å². The molecule has 1 N–H and O–H groups in total. The zero-order valence-electron chi connectivity index (χ0n) is 17.5. The van der Waals surface area contributed by atoms with Gasteiger partial charge >= 0.3 is 0 Å². The molecule has 0 radical (unpaired) electrons. The number of aromatic nitrogens is 3. The van der Waals surface area contributed by atoms with Crippen molar-refractivity contribution < 1.29 is 12.9 Å². The number of hydrogen-bond donors (Lipinski definition) is 1. The Hall–Kier alpha value is -2.30. The number of thiazole rings is 1. The SMILES string of the molecule is Cc1cc(Nc2nc(C)cs2)cc([C@H]2CCCN(S(=O)(=O)c3c(C)noc3C)C2)n1. The van der Waals surface area contributed by atoms with Crippen LogP contribution in [0.4, 0.5) is 10.8 Å². The van der Waals surface area contributed by atoms with E-state index in [-0.39, 0.29) is 10.8 Å². The van der Waals surface area contributed by atoms with E-state index in [1.54, 1.807) is 25.2 Å². The molecular formula is C20H25N5O3S2. The van der Waals surface area contributed by atoms with Gasteiger partial charge in [0.05, 0.1) is 5.69 Å². The molecule has 4 heterocycles. The summed E-state index contributed by atoms with van der Waals surface area (Å²) in [5, 5.41) is 9.98. The monoisotopic (exact) mass is 447 g/mol. The molecule has 3 aromatic heterocycles. The van der Waals surface area contributed by atoms with Crippen molar-refractivity contribution in [2.24, 2.45) is 0 Å². The molecule has 0 bridgehead atoms. The molecule has 1 atom stereocenters. The van der Waals surface area contributed by atoms with Gasteiger partial charge < -0.3 is 9.84 Å². The second kappa shape index (κ2) is 8.09. The van der Waals surface area contributed by atoms with Crippen molar-refractivity contribution in [3.8, 4) is 0 Å². The highest BCUT2D eigenvalue weighted by Gasteiger charge is 2.35. The molecule has 0 spiro atoms. The summed E-state index contributed by atoms with van der Waals surface area (Å²) in [6.45, 7) is 8.07. The molecule has 0 unspecified atom stereocenters. The maximum Gasteiger partial charge on any atom is 0.248 e. The summed E-state index contributed by atoms with van der Waals surface area (Å²) >= 11 is 1.55. The number of rotatable bonds is 5. The molecule has 10 heteroatoms. The lowest BCUT2D eigenvalue weighted by Gasteiger charge is -2.31. The van der Waals surface area contributed by atoms with E-state index in [9.17, 15) is 8.42 Å². The van der Waals surface area contributed by atoms with Gasteiger partial charge in [-0.25, -0.2) is 13.4 Å². The maximum absolute atomic E-state index is 13.2. The van der Waals surface area contributed by atoms with Crippen LogP contribution in [0.1, 0.15) is 47.3 Å². The third kappa shape index (κ3) is 4.12. The van der Waals surface area contributed by atoms with Crippen molar-refractivity contribution in [2.75, 3.05) is 18.4 Å². The standard InChI is InChI=1S/C20H25N5O3S2/c1-12-8-17(23-20-22-13(2)11-29-20)9-18(21-12)16-6-5-7-25(10-16)30(26,27)19-14(3)24-28-15(19)4/h8-9,11,16H,5-7,10H2,1-4H3,(H,21,22,23)/t16-/m0/s1. The Labute approximate surface area is 180 Å². The molecule has 0 amide bonds. The van der Waals surface area contributed by atoms with Crippen LogP contribution in [0.3, 0.4) is 0 Å². The second-order valence-electron chi connectivity index (χ2n) is 7.70. The summed E-state index contributed by atoms with van der Waals surface area (Å²) in [4.78, 5) is 9.34. The molecule has 1 saturated heterocycles. The highest BCUT2D eigenvalue weighted by molar-refractivity contribution is 7.89. The minimum Gasteiger partial charge on any atom is -0.360 e. The normalized spacial score (nSPS) is 17.9. The van der Waals surface area contributed by atoms with Crippen molar-refractivity contribution in [1.29, 1.82) is 0 Å². The van der Waals surface area contributed by atoms with Gasteiger partial charge in [-0.15, -0.1) is 11.3 Å². The number of pyridine rings is 1. The first-order valence-electron chi connectivity index (χ1n) is 9.85. The molecule has 1 aliphatic rings. The first-order chi connectivity index (χ1) is 14.2. The van der Waals surface area contributed by atoms with E-state index in [4.69, 9.17) is 9.51 Å². The maximum atomic E-state index is 13.2. The molecular weight excluding hydrogens is 422 g/mol. The summed E-state index contributed by atoms with van der Waals surface area (Å²) in [5.74, 6) is 0.348. The van der Waals surface area contributed by atoms with Gasteiger partial charge in [-0.3, -0.25) is 4.98 Å². The largest absolute Gasteiger partial charge is 0.360 e. The minimum atomic E-state index is -3.66. The Bertz CT molecular complexity index is 1150. The van der Waals surface area contributed by atoms with Gasteiger partial charge in [0.15, 0.2) is 10.9 Å². The zero-order valence-corrected chi connectivity index (χ0v) is 19.1. The molecule has 30 heavy (non-hydrogen) atoms. The van der Waals surface area contributed by atoms with Crippen LogP contribution in [-0.4, -0.2) is 40.9 Å². The van der Waals surface area contributed by atoms with Crippen molar-refractivity contribution in [3.05, 3.63) is 46.0 Å². The van der Waals surface area contributed by atoms with Gasteiger partial charge in [0.2, 0.25) is 10.0 Å². The minimum absolute atomic E-state index is 0.0208. The fraction of sp³-hybridized carbons (Fsp3) is 0.450. The van der Waals surface area contributed by atoms with Gasteiger partial charge in [-0.1, -0.05) is 5.16 Å².